The summed E-state index contributed by atoms with van der Waals surface area (Å²) in [7, 11) is 0. The van der Waals surface area contributed by atoms with E-state index in [1.54, 1.807) is 0 Å². The molecule has 0 radical (unpaired) electrons. The van der Waals surface area contributed by atoms with E-state index in [-0.39, 0.29) is 5.41 Å². The molecule has 1 aliphatic carbocycles. The van der Waals surface area contributed by atoms with Crippen LogP contribution in [-0.4, -0.2) is 0 Å². The summed E-state index contributed by atoms with van der Waals surface area (Å²) in [5, 5.41) is 0. The molecule has 0 aliphatic heterocycles. The summed E-state index contributed by atoms with van der Waals surface area (Å²) in [6.45, 7) is 6.46. The molecule has 1 nitrogen and oxygen atoms in total. The van der Waals surface area contributed by atoms with Crippen molar-refractivity contribution in [2.45, 2.75) is 45.6 Å². The number of halogens is 2. The Morgan fingerprint density at radius 3 is 2.44 bits per heavy atom. The van der Waals surface area contributed by atoms with Gasteiger partial charge in [0.2, 0.25) is 0 Å². The summed E-state index contributed by atoms with van der Waals surface area (Å²) in [5.74, 6) is -0.631. The van der Waals surface area contributed by atoms with Gasteiger partial charge >= 0.3 is 0 Å². The third-order valence-electron chi connectivity index (χ3n) is 3.88. The Morgan fingerprint density at radius 1 is 1.22 bits per heavy atom. The highest BCUT2D eigenvalue weighted by atomic mass is 19.1. The third-order valence-corrected chi connectivity index (χ3v) is 3.88. The van der Waals surface area contributed by atoms with Crippen molar-refractivity contribution in [3.63, 3.8) is 0 Å². The van der Waals surface area contributed by atoms with Gasteiger partial charge in [0.25, 0.3) is 0 Å². The van der Waals surface area contributed by atoms with Crippen LogP contribution in [-0.2, 0) is 5.54 Å². The van der Waals surface area contributed by atoms with Crippen LogP contribution in [0.2, 0.25) is 0 Å². The summed E-state index contributed by atoms with van der Waals surface area (Å²) in [5.41, 5.74) is 6.29. The Hall–Kier alpha value is -0.960. The topological polar surface area (TPSA) is 26.0 Å². The van der Waals surface area contributed by atoms with Gasteiger partial charge in [-0.2, -0.15) is 0 Å². The van der Waals surface area contributed by atoms with Crippen LogP contribution in [0.1, 0.15) is 45.6 Å². The predicted molar refractivity (Wildman–Crippen MR) is 69.0 cm³/mol. The van der Waals surface area contributed by atoms with Gasteiger partial charge in [-0.25, -0.2) is 8.78 Å². The zero-order valence-corrected chi connectivity index (χ0v) is 11.3. The highest BCUT2D eigenvalue weighted by Gasteiger charge is 2.42. The van der Waals surface area contributed by atoms with Crippen molar-refractivity contribution in [1.29, 1.82) is 0 Å². The van der Waals surface area contributed by atoms with Crippen molar-refractivity contribution < 1.29 is 8.78 Å². The molecule has 1 fully saturated rings. The van der Waals surface area contributed by atoms with E-state index in [2.05, 4.69) is 20.8 Å². The summed E-state index contributed by atoms with van der Waals surface area (Å²) in [6.07, 6.45) is 2.57. The molecule has 1 aliphatic rings. The number of hydrogen-bond donors (Lipinski definition) is 1. The molecule has 100 valence electrons. The SMILES string of the molecule is CC1CC(C)(C)CC(N)(c2ccc(F)cc2F)C1. The van der Waals surface area contributed by atoms with E-state index >= 15 is 0 Å². The fourth-order valence-corrected chi connectivity index (χ4v) is 3.73. The summed E-state index contributed by atoms with van der Waals surface area (Å²) in [4.78, 5) is 0. The van der Waals surface area contributed by atoms with Crippen LogP contribution < -0.4 is 5.73 Å². The van der Waals surface area contributed by atoms with Gasteiger partial charge in [-0.1, -0.05) is 26.8 Å². The fourth-order valence-electron chi connectivity index (χ4n) is 3.73. The van der Waals surface area contributed by atoms with Crippen LogP contribution in [0.4, 0.5) is 8.78 Å². The third kappa shape index (κ3) is 2.56. The highest BCUT2D eigenvalue weighted by molar-refractivity contribution is 5.28. The van der Waals surface area contributed by atoms with E-state index in [1.165, 1.54) is 12.1 Å². The molecule has 0 saturated heterocycles. The summed E-state index contributed by atoms with van der Waals surface area (Å²) < 4.78 is 26.9. The van der Waals surface area contributed by atoms with Crippen molar-refractivity contribution in [2.75, 3.05) is 0 Å². The number of rotatable bonds is 1. The Kier molecular flexibility index (Phi) is 3.22. The lowest BCUT2D eigenvalue weighted by atomic mass is 9.62. The molecule has 2 unspecified atom stereocenters. The smallest absolute Gasteiger partial charge is 0.131 e. The minimum Gasteiger partial charge on any atom is -0.321 e. The van der Waals surface area contributed by atoms with E-state index in [1.807, 2.05) is 0 Å². The quantitative estimate of drug-likeness (QED) is 0.805. The van der Waals surface area contributed by atoms with Gasteiger partial charge in [0, 0.05) is 17.2 Å². The standard InChI is InChI=1S/C15H21F2N/c1-10-7-14(2,3)9-15(18,8-10)12-5-4-11(16)6-13(12)17/h4-6,10H,7-9,18H2,1-3H3. The molecule has 3 heteroatoms. The van der Waals surface area contributed by atoms with Gasteiger partial charge in [0.1, 0.15) is 11.6 Å². The average molecular weight is 253 g/mol. The van der Waals surface area contributed by atoms with Crippen LogP contribution >= 0.6 is 0 Å². The molecule has 1 aromatic rings. The number of benzene rings is 1. The second-order valence-electron chi connectivity index (χ2n) is 6.63. The molecule has 18 heavy (non-hydrogen) atoms. The van der Waals surface area contributed by atoms with Crippen LogP contribution in [0.25, 0.3) is 0 Å². The minimum absolute atomic E-state index is 0.0905. The molecule has 2 rings (SSSR count). The molecule has 0 spiro atoms. The molecular formula is C15H21F2N. The predicted octanol–water partition coefficient (Wildman–Crippen LogP) is 3.97. The first-order valence-corrected chi connectivity index (χ1v) is 6.46. The van der Waals surface area contributed by atoms with E-state index in [9.17, 15) is 8.78 Å². The molecule has 0 aromatic heterocycles. The largest absolute Gasteiger partial charge is 0.321 e. The molecule has 2 N–H and O–H groups in total. The number of hydrogen-bond acceptors (Lipinski definition) is 1. The van der Waals surface area contributed by atoms with Crippen molar-refractivity contribution in [3.05, 3.63) is 35.4 Å². The van der Waals surface area contributed by atoms with E-state index in [0.717, 1.165) is 25.3 Å². The van der Waals surface area contributed by atoms with Gasteiger partial charge in [-0.05, 0) is 36.7 Å². The maximum absolute atomic E-state index is 13.9. The first-order chi connectivity index (χ1) is 8.22. The molecule has 0 amide bonds. The van der Waals surface area contributed by atoms with E-state index in [0.29, 0.717) is 11.5 Å². The maximum atomic E-state index is 13.9. The lowest BCUT2D eigenvalue weighted by Gasteiger charge is -2.46. The van der Waals surface area contributed by atoms with Crippen LogP contribution in [0.3, 0.4) is 0 Å². The lowest BCUT2D eigenvalue weighted by molar-refractivity contribution is 0.105. The fraction of sp³-hybridized carbons (Fsp3) is 0.600. The first kappa shape index (κ1) is 13.5. The van der Waals surface area contributed by atoms with Crippen LogP contribution in [0, 0.1) is 23.0 Å². The van der Waals surface area contributed by atoms with Gasteiger partial charge < -0.3 is 5.73 Å². The lowest BCUT2D eigenvalue weighted by Crippen LogP contribution is -2.47. The van der Waals surface area contributed by atoms with Crippen molar-refractivity contribution in [1.82, 2.24) is 0 Å². The molecule has 2 atom stereocenters. The van der Waals surface area contributed by atoms with Gasteiger partial charge in [-0.15, -0.1) is 0 Å². The zero-order chi connectivity index (χ0) is 13.6. The second-order valence-corrected chi connectivity index (χ2v) is 6.63. The Balaban J connectivity index is 2.41. The molecular weight excluding hydrogens is 232 g/mol. The van der Waals surface area contributed by atoms with Crippen molar-refractivity contribution in [3.8, 4) is 0 Å². The maximum Gasteiger partial charge on any atom is 0.131 e. The van der Waals surface area contributed by atoms with Crippen LogP contribution in [0.15, 0.2) is 18.2 Å². The Morgan fingerprint density at radius 2 is 1.89 bits per heavy atom. The Bertz CT molecular complexity index is 456. The van der Waals surface area contributed by atoms with Gasteiger partial charge in [0.15, 0.2) is 0 Å². The first-order valence-electron chi connectivity index (χ1n) is 6.46. The second kappa shape index (κ2) is 4.30. The average Bonchev–Trinajstić information content (AvgIpc) is 2.11. The molecule has 1 aromatic carbocycles. The summed E-state index contributed by atoms with van der Waals surface area (Å²) >= 11 is 0. The Labute approximate surface area is 107 Å². The molecule has 0 bridgehead atoms. The van der Waals surface area contributed by atoms with Crippen molar-refractivity contribution >= 4 is 0 Å². The van der Waals surface area contributed by atoms with Crippen LogP contribution in [0.5, 0.6) is 0 Å². The molecule has 1 saturated carbocycles. The minimum atomic E-state index is -0.682. The van der Waals surface area contributed by atoms with Crippen molar-refractivity contribution in [2.24, 2.45) is 17.1 Å². The zero-order valence-electron chi connectivity index (χ0n) is 11.3. The number of nitrogens with two attached hydrogens (primary N) is 1. The van der Waals surface area contributed by atoms with Gasteiger partial charge in [-0.3, -0.25) is 0 Å². The summed E-state index contributed by atoms with van der Waals surface area (Å²) in [6, 6.07) is 3.72. The highest BCUT2D eigenvalue weighted by Crippen LogP contribution is 2.47. The van der Waals surface area contributed by atoms with Gasteiger partial charge in [0.05, 0.1) is 0 Å². The van der Waals surface area contributed by atoms with E-state index < -0.39 is 17.2 Å². The normalized spacial score (nSPS) is 31.3. The van der Waals surface area contributed by atoms with E-state index in [4.69, 9.17) is 5.73 Å². The molecule has 0 heterocycles. The monoisotopic (exact) mass is 253 g/mol.